The Morgan fingerprint density at radius 1 is 1.06 bits per heavy atom. The van der Waals surface area contributed by atoms with Crippen molar-refractivity contribution in [3.8, 4) is 0 Å². The Balaban J connectivity index is 2.25. The molecule has 2 amide bonds. The second kappa shape index (κ2) is 12.9. The molecule has 0 bridgehead atoms. The van der Waals surface area contributed by atoms with Crippen LogP contribution in [0, 0.1) is 3.57 Å². The first kappa shape index (κ1) is 27.1. The van der Waals surface area contributed by atoms with E-state index in [2.05, 4.69) is 27.9 Å². The minimum Gasteiger partial charge on any atom is -0.354 e. The molecule has 0 saturated heterocycles. The van der Waals surface area contributed by atoms with Crippen molar-refractivity contribution in [2.45, 2.75) is 39.2 Å². The van der Waals surface area contributed by atoms with E-state index < -0.39 is 22.0 Å². The number of benzene rings is 2. The zero-order valence-electron chi connectivity index (χ0n) is 19.3. The molecule has 0 fully saturated rings. The first-order valence-corrected chi connectivity index (χ1v) is 13.9. The van der Waals surface area contributed by atoms with Crippen LogP contribution in [0.3, 0.4) is 0 Å². The number of hydrogen-bond acceptors (Lipinski definition) is 4. The number of halogens is 1. The molecule has 0 aromatic heterocycles. The number of carbonyl (C=O) groups is 2. The van der Waals surface area contributed by atoms with E-state index in [9.17, 15) is 18.0 Å². The van der Waals surface area contributed by atoms with Gasteiger partial charge in [-0.15, -0.1) is 0 Å². The second-order valence-corrected chi connectivity index (χ2v) is 11.0. The van der Waals surface area contributed by atoms with Gasteiger partial charge in [0.25, 0.3) is 0 Å². The van der Waals surface area contributed by atoms with Crippen LogP contribution >= 0.6 is 22.6 Å². The van der Waals surface area contributed by atoms with E-state index >= 15 is 0 Å². The van der Waals surface area contributed by atoms with Gasteiger partial charge in [-0.05, 0) is 72.2 Å². The Morgan fingerprint density at radius 3 is 2.27 bits per heavy atom. The van der Waals surface area contributed by atoms with Gasteiger partial charge in [0.15, 0.2) is 0 Å². The lowest BCUT2D eigenvalue weighted by Gasteiger charge is -2.31. The molecule has 2 aromatic carbocycles. The molecule has 2 rings (SSSR count). The van der Waals surface area contributed by atoms with Crippen molar-refractivity contribution in [3.05, 3.63) is 63.7 Å². The van der Waals surface area contributed by atoms with Crippen molar-refractivity contribution in [3.63, 3.8) is 0 Å². The van der Waals surface area contributed by atoms with Crippen LogP contribution in [-0.2, 0) is 26.0 Å². The molecule has 0 aliphatic rings. The highest BCUT2D eigenvalue weighted by Crippen LogP contribution is 2.20. The molecule has 0 spiro atoms. The third kappa shape index (κ3) is 8.62. The largest absolute Gasteiger partial charge is 0.354 e. The fraction of sp³-hybridized carbons (Fsp3) is 0.417. The highest BCUT2D eigenvalue weighted by Gasteiger charge is 2.29. The quantitative estimate of drug-likeness (QED) is 0.306. The van der Waals surface area contributed by atoms with E-state index in [1.165, 1.54) is 4.90 Å². The minimum absolute atomic E-state index is 0.245. The summed E-state index contributed by atoms with van der Waals surface area (Å²) in [5.74, 6) is -0.668. The van der Waals surface area contributed by atoms with E-state index in [4.69, 9.17) is 0 Å². The molecule has 0 heterocycles. The standard InChI is InChI=1S/C24H32IN3O4S/c1-4-5-16-26-24(30)19(2)27(17-15-20-9-7-6-8-10-20)23(29)18-28(33(3,31)32)22-13-11-21(25)12-14-22/h6-14,19H,4-5,15-18H2,1-3H3,(H,26,30)/t19-/m1/s1. The maximum Gasteiger partial charge on any atom is 0.244 e. The van der Waals surface area contributed by atoms with Crippen molar-refractivity contribution < 1.29 is 18.0 Å². The number of nitrogens with zero attached hydrogens (tertiary/aromatic N) is 2. The minimum atomic E-state index is -3.71. The van der Waals surface area contributed by atoms with Crippen LogP contribution in [0.15, 0.2) is 54.6 Å². The number of nitrogens with one attached hydrogen (secondary N) is 1. The van der Waals surface area contributed by atoms with Crippen molar-refractivity contribution in [2.75, 3.05) is 30.2 Å². The van der Waals surface area contributed by atoms with Gasteiger partial charge in [-0.2, -0.15) is 0 Å². The molecule has 0 aliphatic heterocycles. The van der Waals surface area contributed by atoms with Gasteiger partial charge < -0.3 is 10.2 Å². The number of anilines is 1. The number of rotatable bonds is 12. The molecule has 1 N–H and O–H groups in total. The van der Waals surface area contributed by atoms with Crippen molar-refractivity contribution in [2.24, 2.45) is 0 Å². The summed E-state index contributed by atoms with van der Waals surface area (Å²) < 4.78 is 27.1. The highest BCUT2D eigenvalue weighted by atomic mass is 127. The maximum atomic E-state index is 13.4. The number of hydrogen-bond donors (Lipinski definition) is 1. The van der Waals surface area contributed by atoms with Crippen LogP contribution in [0.2, 0.25) is 0 Å². The van der Waals surface area contributed by atoms with Crippen molar-refractivity contribution in [1.82, 2.24) is 10.2 Å². The summed E-state index contributed by atoms with van der Waals surface area (Å²) in [5.41, 5.74) is 1.45. The number of amides is 2. The van der Waals surface area contributed by atoms with Gasteiger partial charge >= 0.3 is 0 Å². The van der Waals surface area contributed by atoms with Crippen molar-refractivity contribution >= 4 is 50.1 Å². The Labute approximate surface area is 210 Å². The third-order valence-corrected chi connectivity index (χ3v) is 7.13. The van der Waals surface area contributed by atoms with Gasteiger partial charge in [-0.1, -0.05) is 43.7 Å². The van der Waals surface area contributed by atoms with Gasteiger partial charge in [-0.25, -0.2) is 8.42 Å². The van der Waals surface area contributed by atoms with E-state index in [0.29, 0.717) is 25.2 Å². The number of carbonyl (C=O) groups excluding carboxylic acids is 2. The third-order valence-electron chi connectivity index (χ3n) is 5.27. The molecule has 9 heteroatoms. The number of sulfonamides is 1. The van der Waals surface area contributed by atoms with Gasteiger partial charge in [0.05, 0.1) is 11.9 Å². The zero-order chi connectivity index (χ0) is 24.4. The topological polar surface area (TPSA) is 86.8 Å². The fourth-order valence-electron chi connectivity index (χ4n) is 3.33. The molecule has 1 atom stereocenters. The lowest BCUT2D eigenvalue weighted by atomic mass is 10.1. The zero-order valence-corrected chi connectivity index (χ0v) is 22.3. The maximum absolute atomic E-state index is 13.4. The Kier molecular flexibility index (Phi) is 10.6. The fourth-order valence-corrected chi connectivity index (χ4v) is 4.54. The molecule has 180 valence electrons. The summed E-state index contributed by atoms with van der Waals surface area (Å²) in [4.78, 5) is 27.6. The summed E-state index contributed by atoms with van der Waals surface area (Å²) in [6.07, 6.45) is 3.44. The summed E-state index contributed by atoms with van der Waals surface area (Å²) in [7, 11) is -3.71. The average molecular weight is 586 g/mol. The van der Waals surface area contributed by atoms with Gasteiger partial charge in [0.2, 0.25) is 21.8 Å². The van der Waals surface area contributed by atoms with Crippen LogP contribution in [-0.4, -0.2) is 57.1 Å². The van der Waals surface area contributed by atoms with Gasteiger partial charge in [0, 0.05) is 16.7 Å². The van der Waals surface area contributed by atoms with Gasteiger partial charge in [0.1, 0.15) is 12.6 Å². The Bertz CT molecular complexity index is 1010. The van der Waals surface area contributed by atoms with Crippen LogP contribution < -0.4 is 9.62 Å². The van der Waals surface area contributed by atoms with Crippen LogP contribution in [0.4, 0.5) is 5.69 Å². The Morgan fingerprint density at radius 2 is 1.70 bits per heavy atom. The molecule has 33 heavy (non-hydrogen) atoms. The SMILES string of the molecule is CCCCNC(=O)[C@@H](C)N(CCc1ccccc1)C(=O)CN(c1ccc(I)cc1)S(C)(=O)=O. The van der Waals surface area contributed by atoms with Crippen LogP contribution in [0.5, 0.6) is 0 Å². The molecule has 0 aliphatic carbocycles. The first-order valence-electron chi connectivity index (χ1n) is 11.0. The van der Waals surface area contributed by atoms with Crippen molar-refractivity contribution in [1.29, 1.82) is 0 Å². The smallest absolute Gasteiger partial charge is 0.244 e. The van der Waals surface area contributed by atoms with E-state index in [-0.39, 0.29) is 12.5 Å². The number of unbranched alkanes of at least 4 members (excludes halogenated alkanes) is 1. The van der Waals surface area contributed by atoms with E-state index in [1.807, 2.05) is 37.3 Å². The summed E-state index contributed by atoms with van der Waals surface area (Å²) in [6.45, 7) is 4.18. The van der Waals surface area contributed by atoms with Crippen LogP contribution in [0.1, 0.15) is 32.3 Å². The molecule has 0 unspecified atom stereocenters. The average Bonchev–Trinajstić information content (AvgIpc) is 2.78. The molecule has 2 aromatic rings. The molecular weight excluding hydrogens is 553 g/mol. The lowest BCUT2D eigenvalue weighted by Crippen LogP contribution is -2.52. The first-order chi connectivity index (χ1) is 15.6. The Hall–Kier alpha value is -2.14. The van der Waals surface area contributed by atoms with E-state index in [0.717, 1.165) is 32.5 Å². The van der Waals surface area contributed by atoms with E-state index in [1.54, 1.807) is 31.2 Å². The lowest BCUT2D eigenvalue weighted by molar-refractivity contribution is -0.138. The normalized spacial score (nSPS) is 12.1. The monoisotopic (exact) mass is 585 g/mol. The molecule has 0 radical (unpaired) electrons. The molecular formula is C24H32IN3O4S. The molecule has 0 saturated carbocycles. The predicted molar refractivity (Wildman–Crippen MR) is 141 cm³/mol. The summed E-state index contributed by atoms with van der Waals surface area (Å²) in [5, 5.41) is 2.87. The van der Waals surface area contributed by atoms with Crippen LogP contribution in [0.25, 0.3) is 0 Å². The predicted octanol–water partition coefficient (Wildman–Crippen LogP) is 3.43. The summed E-state index contributed by atoms with van der Waals surface area (Å²) in [6, 6.07) is 15.9. The van der Waals surface area contributed by atoms with Gasteiger partial charge in [-0.3, -0.25) is 13.9 Å². The summed E-state index contributed by atoms with van der Waals surface area (Å²) >= 11 is 2.14. The molecule has 7 nitrogen and oxygen atoms in total. The second-order valence-electron chi connectivity index (χ2n) is 7.89. The highest BCUT2D eigenvalue weighted by molar-refractivity contribution is 14.1.